The van der Waals surface area contributed by atoms with E-state index in [0.717, 1.165) is 57.8 Å². The highest BCUT2D eigenvalue weighted by atomic mass is 16.6. The van der Waals surface area contributed by atoms with E-state index in [1.807, 2.05) is 0 Å². The van der Waals surface area contributed by atoms with E-state index >= 15 is 0 Å². The van der Waals surface area contributed by atoms with E-state index in [9.17, 15) is 14.4 Å². The molecule has 0 aromatic carbocycles. The average Bonchev–Trinajstić information content (AvgIpc) is 3.34. The zero-order chi connectivity index (χ0) is 49.3. The summed E-state index contributed by atoms with van der Waals surface area (Å²) < 4.78 is 16.8. The summed E-state index contributed by atoms with van der Waals surface area (Å²) in [6.45, 7) is 6.66. The van der Waals surface area contributed by atoms with Gasteiger partial charge in [-0.25, -0.2) is 0 Å². The molecule has 0 spiro atoms. The van der Waals surface area contributed by atoms with Crippen LogP contribution < -0.4 is 0 Å². The Morgan fingerprint density at radius 1 is 0.235 bits per heavy atom. The Morgan fingerprint density at radius 2 is 0.397 bits per heavy atom. The molecule has 0 aliphatic heterocycles. The monoisotopic (exact) mass is 961 g/mol. The van der Waals surface area contributed by atoms with Gasteiger partial charge in [0.1, 0.15) is 13.2 Å². The number of carbonyl (C=O) groups is 3. The molecule has 0 saturated heterocycles. The fraction of sp³-hybridized carbons (Fsp3) is 0.952. The van der Waals surface area contributed by atoms with Gasteiger partial charge in [-0.3, -0.25) is 14.4 Å². The first-order valence-electron chi connectivity index (χ1n) is 31.0. The molecular weight excluding hydrogens is 841 g/mol. The highest BCUT2D eigenvalue weighted by molar-refractivity contribution is 5.71. The largest absolute Gasteiger partial charge is 0.462 e. The van der Waals surface area contributed by atoms with E-state index in [-0.39, 0.29) is 31.1 Å². The van der Waals surface area contributed by atoms with Crippen LogP contribution in [0.3, 0.4) is 0 Å². The first kappa shape index (κ1) is 66.4. The third-order valence-electron chi connectivity index (χ3n) is 14.4. The third kappa shape index (κ3) is 55.3. The number of rotatable bonds is 58. The van der Waals surface area contributed by atoms with E-state index in [0.29, 0.717) is 19.3 Å². The number of hydrogen-bond acceptors (Lipinski definition) is 6. The summed E-state index contributed by atoms with van der Waals surface area (Å²) in [7, 11) is 0. The Labute approximate surface area is 425 Å². The van der Waals surface area contributed by atoms with Crippen LogP contribution in [0.1, 0.15) is 361 Å². The Balaban J connectivity index is 3.87. The zero-order valence-electron chi connectivity index (χ0n) is 46.4. The summed E-state index contributed by atoms with van der Waals surface area (Å²) in [6.07, 6.45) is 65.9. The molecule has 404 valence electrons. The minimum Gasteiger partial charge on any atom is -0.462 e. The summed E-state index contributed by atoms with van der Waals surface area (Å²) in [5.74, 6) is -0.845. The van der Waals surface area contributed by atoms with Gasteiger partial charge in [0.15, 0.2) is 6.10 Å². The van der Waals surface area contributed by atoms with Crippen molar-refractivity contribution in [1.29, 1.82) is 0 Å². The van der Waals surface area contributed by atoms with Crippen molar-refractivity contribution in [3.63, 3.8) is 0 Å². The lowest BCUT2D eigenvalue weighted by molar-refractivity contribution is -0.167. The second-order valence-corrected chi connectivity index (χ2v) is 21.3. The second-order valence-electron chi connectivity index (χ2n) is 21.3. The molecule has 0 bridgehead atoms. The first-order valence-corrected chi connectivity index (χ1v) is 31.0. The molecule has 0 aromatic rings. The molecule has 0 N–H and O–H groups in total. The molecule has 1 atom stereocenters. The van der Waals surface area contributed by atoms with Crippen molar-refractivity contribution in [2.75, 3.05) is 13.2 Å². The van der Waals surface area contributed by atoms with Crippen molar-refractivity contribution in [2.24, 2.45) is 0 Å². The third-order valence-corrected chi connectivity index (χ3v) is 14.4. The zero-order valence-corrected chi connectivity index (χ0v) is 46.4. The minimum atomic E-state index is -0.759. The van der Waals surface area contributed by atoms with Gasteiger partial charge in [0.05, 0.1) is 0 Å². The number of esters is 3. The van der Waals surface area contributed by atoms with Crippen LogP contribution in [0.2, 0.25) is 0 Å². The van der Waals surface area contributed by atoms with Gasteiger partial charge in [-0.15, -0.1) is 0 Å². The second kappa shape index (κ2) is 58.0. The van der Waals surface area contributed by atoms with E-state index in [1.54, 1.807) is 0 Å². The molecule has 6 heteroatoms. The van der Waals surface area contributed by atoms with Crippen LogP contribution in [0.25, 0.3) is 0 Å². The molecule has 0 aromatic heterocycles. The van der Waals surface area contributed by atoms with Gasteiger partial charge in [0.2, 0.25) is 0 Å². The number of hydrogen-bond donors (Lipinski definition) is 0. The highest BCUT2D eigenvalue weighted by Gasteiger charge is 2.19. The van der Waals surface area contributed by atoms with Gasteiger partial charge in [-0.2, -0.15) is 0 Å². The lowest BCUT2D eigenvalue weighted by Gasteiger charge is -2.18. The number of carbonyl (C=O) groups excluding carboxylic acids is 3. The van der Waals surface area contributed by atoms with Gasteiger partial charge in [0, 0.05) is 19.3 Å². The van der Waals surface area contributed by atoms with Crippen molar-refractivity contribution in [2.45, 2.75) is 367 Å². The molecule has 6 nitrogen and oxygen atoms in total. The topological polar surface area (TPSA) is 78.9 Å². The summed E-state index contributed by atoms with van der Waals surface area (Å²) >= 11 is 0. The summed E-state index contributed by atoms with van der Waals surface area (Å²) in [4.78, 5) is 37.9. The minimum absolute atomic E-state index is 0.0622. The molecular formula is C62H120O6. The molecule has 0 aliphatic rings. The van der Waals surface area contributed by atoms with Gasteiger partial charge in [-0.05, 0) is 19.3 Å². The van der Waals surface area contributed by atoms with Crippen LogP contribution in [0.5, 0.6) is 0 Å². The molecule has 68 heavy (non-hydrogen) atoms. The van der Waals surface area contributed by atoms with Crippen molar-refractivity contribution in [3.8, 4) is 0 Å². The molecule has 0 fully saturated rings. The Morgan fingerprint density at radius 3 is 0.588 bits per heavy atom. The standard InChI is InChI=1S/C62H120O6/c1-4-7-10-13-16-19-20-21-22-23-24-25-26-27-28-29-30-31-32-33-34-35-36-37-38-39-40-41-44-46-49-52-55-61(64)67-58-59(68-62(65)56-53-50-47-43-18-15-12-9-6-3)57-66-60(63)54-51-48-45-42-17-14-11-8-5-2/h59H,4-58H2,1-3H3. The van der Waals surface area contributed by atoms with Gasteiger partial charge < -0.3 is 14.2 Å². The van der Waals surface area contributed by atoms with Crippen LogP contribution >= 0.6 is 0 Å². The van der Waals surface area contributed by atoms with Crippen molar-refractivity contribution in [1.82, 2.24) is 0 Å². The van der Waals surface area contributed by atoms with Crippen LogP contribution in [0.15, 0.2) is 0 Å². The maximum absolute atomic E-state index is 12.7. The van der Waals surface area contributed by atoms with Crippen LogP contribution in [-0.4, -0.2) is 37.2 Å². The Hall–Kier alpha value is -1.59. The van der Waals surface area contributed by atoms with Gasteiger partial charge in [0.25, 0.3) is 0 Å². The Bertz CT molecular complexity index is 1010. The van der Waals surface area contributed by atoms with Crippen LogP contribution in [0.4, 0.5) is 0 Å². The van der Waals surface area contributed by atoms with Gasteiger partial charge in [-0.1, -0.05) is 323 Å². The lowest BCUT2D eigenvalue weighted by atomic mass is 10.0. The average molecular weight is 962 g/mol. The fourth-order valence-corrected chi connectivity index (χ4v) is 9.68. The van der Waals surface area contributed by atoms with Crippen LogP contribution in [0, 0.1) is 0 Å². The highest BCUT2D eigenvalue weighted by Crippen LogP contribution is 2.18. The molecule has 1 unspecified atom stereocenters. The molecule has 0 heterocycles. The smallest absolute Gasteiger partial charge is 0.306 e. The van der Waals surface area contributed by atoms with Crippen molar-refractivity contribution >= 4 is 17.9 Å². The lowest BCUT2D eigenvalue weighted by Crippen LogP contribution is -2.30. The fourth-order valence-electron chi connectivity index (χ4n) is 9.68. The SMILES string of the molecule is CCCCCCCCCCCCCCCCCCCCCCCCCCCCCCCCCCC(=O)OCC(COC(=O)CCCCCCCCCCC)OC(=O)CCCCCCCCCCC. The van der Waals surface area contributed by atoms with Crippen molar-refractivity contribution < 1.29 is 28.6 Å². The normalized spacial score (nSPS) is 11.9. The predicted molar refractivity (Wildman–Crippen MR) is 294 cm³/mol. The van der Waals surface area contributed by atoms with Gasteiger partial charge >= 0.3 is 17.9 Å². The van der Waals surface area contributed by atoms with E-state index in [4.69, 9.17) is 14.2 Å². The summed E-state index contributed by atoms with van der Waals surface area (Å²) in [5.41, 5.74) is 0. The first-order chi connectivity index (χ1) is 33.5. The maximum atomic E-state index is 12.7. The molecule has 0 saturated carbocycles. The quantitative estimate of drug-likeness (QED) is 0.0343. The van der Waals surface area contributed by atoms with E-state index in [2.05, 4.69) is 20.8 Å². The molecule has 0 radical (unpaired) electrons. The van der Waals surface area contributed by atoms with E-state index < -0.39 is 6.10 Å². The number of ether oxygens (including phenoxy) is 3. The van der Waals surface area contributed by atoms with Crippen molar-refractivity contribution in [3.05, 3.63) is 0 Å². The molecule has 0 aliphatic carbocycles. The summed E-state index contributed by atoms with van der Waals surface area (Å²) in [5, 5.41) is 0. The van der Waals surface area contributed by atoms with E-state index in [1.165, 1.54) is 263 Å². The number of unbranched alkanes of at least 4 members (excludes halogenated alkanes) is 47. The molecule has 0 rings (SSSR count). The van der Waals surface area contributed by atoms with Crippen LogP contribution in [-0.2, 0) is 28.6 Å². The maximum Gasteiger partial charge on any atom is 0.306 e. The molecule has 0 amide bonds. The predicted octanol–water partition coefficient (Wildman–Crippen LogP) is 20.7. The summed E-state index contributed by atoms with van der Waals surface area (Å²) in [6, 6.07) is 0. The Kier molecular flexibility index (Phi) is 56.6.